The molecule has 276 valence electrons. The number of hydrogen-bond acceptors (Lipinski definition) is 8. The fourth-order valence-corrected chi connectivity index (χ4v) is 5.11. The second kappa shape index (κ2) is 42.3. The minimum atomic E-state index is -0.119. The summed E-state index contributed by atoms with van der Waals surface area (Å²) in [6.45, 7) is 11.5. The molecule has 0 saturated heterocycles. The van der Waals surface area contributed by atoms with Crippen molar-refractivity contribution in [2.24, 2.45) is 0 Å². The molecular formula is C38H76O8. The van der Waals surface area contributed by atoms with Crippen LogP contribution in [0.1, 0.15) is 155 Å². The van der Waals surface area contributed by atoms with Gasteiger partial charge in [-0.3, -0.25) is 4.79 Å². The predicted molar refractivity (Wildman–Crippen MR) is 189 cm³/mol. The minimum absolute atomic E-state index is 0.119. The quantitative estimate of drug-likeness (QED) is 0.0474. The van der Waals surface area contributed by atoms with E-state index in [1.54, 1.807) is 0 Å². The van der Waals surface area contributed by atoms with Crippen molar-refractivity contribution in [1.29, 1.82) is 0 Å². The van der Waals surface area contributed by atoms with Crippen LogP contribution in [0.25, 0.3) is 0 Å². The van der Waals surface area contributed by atoms with Crippen LogP contribution >= 0.6 is 0 Å². The number of hydrogen-bond donors (Lipinski definition) is 0. The lowest BCUT2D eigenvalue weighted by atomic mass is 10.0. The van der Waals surface area contributed by atoms with Gasteiger partial charge in [0.05, 0.1) is 72.7 Å². The largest absolute Gasteiger partial charge is 0.463 e. The van der Waals surface area contributed by atoms with Gasteiger partial charge in [0.1, 0.15) is 6.61 Å². The molecule has 0 N–H and O–H groups in total. The Morgan fingerprint density at radius 1 is 0.304 bits per heavy atom. The number of unbranched alkanes of at least 4 members (excludes halogenated alkanes) is 19. The van der Waals surface area contributed by atoms with Crippen molar-refractivity contribution in [3.63, 3.8) is 0 Å². The number of rotatable bonds is 41. The number of ether oxygens (including phenoxy) is 7. The van der Waals surface area contributed by atoms with Gasteiger partial charge in [-0.15, -0.1) is 0 Å². The highest BCUT2D eigenvalue weighted by Crippen LogP contribution is 2.14. The number of esters is 1. The average molecular weight is 661 g/mol. The zero-order valence-electron chi connectivity index (χ0n) is 30.5. The van der Waals surface area contributed by atoms with E-state index in [9.17, 15) is 4.79 Å². The molecule has 8 nitrogen and oxygen atoms in total. The first-order valence-electron chi connectivity index (χ1n) is 19.4. The minimum Gasteiger partial charge on any atom is -0.463 e. The molecule has 0 amide bonds. The third kappa shape index (κ3) is 41.3. The van der Waals surface area contributed by atoms with Gasteiger partial charge < -0.3 is 33.2 Å². The molecule has 0 aliphatic carbocycles. The van der Waals surface area contributed by atoms with Crippen LogP contribution in [0.2, 0.25) is 0 Å². The summed E-state index contributed by atoms with van der Waals surface area (Å²) >= 11 is 0. The third-order valence-electron chi connectivity index (χ3n) is 7.98. The fourth-order valence-electron chi connectivity index (χ4n) is 5.11. The van der Waals surface area contributed by atoms with Crippen LogP contribution in [0.15, 0.2) is 0 Å². The van der Waals surface area contributed by atoms with Crippen LogP contribution in [-0.2, 0) is 38.0 Å². The second-order valence-electron chi connectivity index (χ2n) is 12.4. The molecule has 0 rings (SSSR count). The van der Waals surface area contributed by atoms with E-state index in [4.69, 9.17) is 33.2 Å². The summed E-state index contributed by atoms with van der Waals surface area (Å²) in [5, 5.41) is 0. The summed E-state index contributed by atoms with van der Waals surface area (Å²) in [6, 6.07) is 0. The summed E-state index contributed by atoms with van der Waals surface area (Å²) in [5.74, 6) is -0.119. The van der Waals surface area contributed by atoms with Crippen LogP contribution in [-0.4, -0.2) is 91.9 Å². The molecule has 0 aromatic carbocycles. The molecule has 0 aliphatic rings. The van der Waals surface area contributed by atoms with Crippen molar-refractivity contribution in [2.45, 2.75) is 155 Å². The molecule has 0 heterocycles. The standard InChI is InChI=1S/C38H76O8/c1-3-5-7-9-11-12-13-14-15-16-17-18-19-20-22-24-38(39)46-37-36-45-35-34-44-33-32-43-31-30-42-29-28-41-27-26-40-25-23-21-10-8-6-4-2/h3-37H2,1-2H3. The van der Waals surface area contributed by atoms with Gasteiger partial charge >= 0.3 is 5.97 Å². The van der Waals surface area contributed by atoms with Gasteiger partial charge in [0.25, 0.3) is 0 Å². The van der Waals surface area contributed by atoms with E-state index in [0.29, 0.717) is 85.7 Å². The first-order valence-corrected chi connectivity index (χ1v) is 19.4. The Morgan fingerprint density at radius 3 is 0.913 bits per heavy atom. The first-order chi connectivity index (χ1) is 22.8. The highest BCUT2D eigenvalue weighted by molar-refractivity contribution is 5.69. The van der Waals surface area contributed by atoms with Crippen LogP contribution < -0.4 is 0 Å². The fraction of sp³-hybridized carbons (Fsp3) is 0.974. The summed E-state index contributed by atoms with van der Waals surface area (Å²) < 4.78 is 38.3. The van der Waals surface area contributed by atoms with E-state index in [1.807, 2.05) is 0 Å². The van der Waals surface area contributed by atoms with Gasteiger partial charge in [-0.05, 0) is 12.8 Å². The molecular weight excluding hydrogens is 584 g/mol. The molecule has 0 aromatic rings. The Bertz CT molecular complexity index is 563. The number of carbonyl (C=O) groups is 1. The van der Waals surface area contributed by atoms with Crippen molar-refractivity contribution in [3.05, 3.63) is 0 Å². The van der Waals surface area contributed by atoms with Crippen molar-refractivity contribution in [2.75, 3.05) is 85.9 Å². The Kier molecular flexibility index (Phi) is 41.5. The van der Waals surface area contributed by atoms with E-state index in [1.165, 1.54) is 116 Å². The van der Waals surface area contributed by atoms with Crippen LogP contribution in [0.3, 0.4) is 0 Å². The summed E-state index contributed by atoms with van der Waals surface area (Å²) in [4.78, 5) is 11.9. The molecule has 0 atom stereocenters. The SMILES string of the molecule is CCCCCCCCCCCCCCCCCC(=O)OCCOCCOCCOCCOCCOCCOCCCCCCCC. The Morgan fingerprint density at radius 2 is 0.565 bits per heavy atom. The molecule has 0 radical (unpaired) electrons. The van der Waals surface area contributed by atoms with E-state index >= 15 is 0 Å². The van der Waals surface area contributed by atoms with Gasteiger partial charge in [-0.2, -0.15) is 0 Å². The molecule has 0 spiro atoms. The molecule has 8 heteroatoms. The van der Waals surface area contributed by atoms with Gasteiger partial charge in [-0.25, -0.2) is 0 Å². The first kappa shape index (κ1) is 45.2. The monoisotopic (exact) mass is 661 g/mol. The van der Waals surface area contributed by atoms with Gasteiger partial charge in [-0.1, -0.05) is 136 Å². The van der Waals surface area contributed by atoms with Crippen LogP contribution in [0, 0.1) is 0 Å². The second-order valence-corrected chi connectivity index (χ2v) is 12.4. The third-order valence-corrected chi connectivity index (χ3v) is 7.98. The molecule has 0 fully saturated rings. The van der Waals surface area contributed by atoms with Crippen molar-refractivity contribution in [3.8, 4) is 0 Å². The smallest absolute Gasteiger partial charge is 0.305 e. The number of carbonyl (C=O) groups excluding carboxylic acids is 1. The molecule has 46 heavy (non-hydrogen) atoms. The van der Waals surface area contributed by atoms with Gasteiger partial charge in [0, 0.05) is 13.0 Å². The van der Waals surface area contributed by atoms with E-state index in [2.05, 4.69) is 13.8 Å². The Balaban J connectivity index is 3.13. The van der Waals surface area contributed by atoms with E-state index in [-0.39, 0.29) is 5.97 Å². The molecule has 0 bridgehead atoms. The average Bonchev–Trinajstić information content (AvgIpc) is 3.06. The van der Waals surface area contributed by atoms with Crippen molar-refractivity contribution < 1.29 is 38.0 Å². The van der Waals surface area contributed by atoms with Crippen LogP contribution in [0.4, 0.5) is 0 Å². The zero-order chi connectivity index (χ0) is 33.3. The highest BCUT2D eigenvalue weighted by atomic mass is 16.6. The Labute approximate surface area is 284 Å². The zero-order valence-corrected chi connectivity index (χ0v) is 30.5. The van der Waals surface area contributed by atoms with Crippen molar-refractivity contribution in [1.82, 2.24) is 0 Å². The molecule has 0 aromatic heterocycles. The summed E-state index contributed by atoms with van der Waals surface area (Å²) in [7, 11) is 0. The Hall–Kier alpha value is -0.770. The van der Waals surface area contributed by atoms with E-state index in [0.717, 1.165) is 25.9 Å². The lowest BCUT2D eigenvalue weighted by molar-refractivity contribution is -0.145. The highest BCUT2D eigenvalue weighted by Gasteiger charge is 2.03. The topological polar surface area (TPSA) is 81.7 Å². The summed E-state index contributed by atoms with van der Waals surface area (Å²) in [5.41, 5.74) is 0. The van der Waals surface area contributed by atoms with Crippen LogP contribution in [0.5, 0.6) is 0 Å². The maximum absolute atomic E-state index is 11.9. The summed E-state index contributed by atoms with van der Waals surface area (Å²) in [6.07, 6.45) is 28.0. The molecule has 0 aliphatic heterocycles. The normalized spacial score (nSPS) is 11.4. The maximum atomic E-state index is 11.9. The lowest BCUT2D eigenvalue weighted by Gasteiger charge is -2.08. The van der Waals surface area contributed by atoms with Crippen molar-refractivity contribution >= 4 is 5.97 Å². The lowest BCUT2D eigenvalue weighted by Crippen LogP contribution is -2.15. The maximum Gasteiger partial charge on any atom is 0.305 e. The van der Waals surface area contributed by atoms with Gasteiger partial charge in [0.2, 0.25) is 0 Å². The predicted octanol–water partition coefficient (Wildman–Crippen LogP) is 9.25. The van der Waals surface area contributed by atoms with Gasteiger partial charge in [0.15, 0.2) is 0 Å². The molecule has 0 unspecified atom stereocenters. The molecule has 0 saturated carbocycles. The van der Waals surface area contributed by atoms with E-state index < -0.39 is 0 Å².